The van der Waals surface area contributed by atoms with Crippen LogP contribution in [0, 0.1) is 6.92 Å². The van der Waals surface area contributed by atoms with Gasteiger partial charge < -0.3 is 10.4 Å². The molecule has 0 heterocycles. The van der Waals surface area contributed by atoms with Crippen molar-refractivity contribution >= 4 is 21.8 Å². The second-order valence-electron chi connectivity index (χ2n) is 4.58. The zero-order chi connectivity index (χ0) is 13.8. The molecule has 0 fully saturated rings. The molecule has 1 aromatic carbocycles. The minimum Gasteiger partial charge on any atom is -0.508 e. The van der Waals surface area contributed by atoms with Gasteiger partial charge in [0.25, 0.3) is 5.91 Å². The van der Waals surface area contributed by atoms with Crippen molar-refractivity contribution < 1.29 is 9.90 Å². The molecule has 18 heavy (non-hydrogen) atoms. The Balaban J connectivity index is 2.90. The van der Waals surface area contributed by atoms with Crippen molar-refractivity contribution in [2.45, 2.75) is 39.2 Å². The maximum absolute atomic E-state index is 12.2. The molecule has 0 atom stereocenters. The van der Waals surface area contributed by atoms with Gasteiger partial charge in [0.2, 0.25) is 0 Å². The highest BCUT2D eigenvalue weighted by Gasteiger charge is 2.27. The SMILES string of the molecule is CCC(CC)(CBr)NC(=O)c1ccc(O)c(C)c1. The van der Waals surface area contributed by atoms with E-state index in [1.165, 1.54) is 0 Å². The molecule has 0 aliphatic heterocycles. The van der Waals surface area contributed by atoms with Crippen LogP contribution in [-0.2, 0) is 0 Å². The third-order valence-electron chi connectivity index (χ3n) is 3.45. The molecular weight excluding hydrogens is 294 g/mol. The summed E-state index contributed by atoms with van der Waals surface area (Å²) in [5.74, 6) is 0.116. The van der Waals surface area contributed by atoms with Crippen molar-refractivity contribution in [3.63, 3.8) is 0 Å². The van der Waals surface area contributed by atoms with Gasteiger partial charge in [0.15, 0.2) is 0 Å². The average molecular weight is 314 g/mol. The fourth-order valence-corrected chi connectivity index (χ4v) is 2.69. The number of alkyl halides is 1. The number of rotatable bonds is 5. The second-order valence-corrected chi connectivity index (χ2v) is 5.14. The molecule has 0 unspecified atom stereocenters. The van der Waals surface area contributed by atoms with E-state index in [2.05, 4.69) is 35.1 Å². The Labute approximate surface area is 117 Å². The van der Waals surface area contributed by atoms with Crippen molar-refractivity contribution in [3.8, 4) is 5.75 Å². The number of phenols is 1. The number of carbonyl (C=O) groups is 1. The molecule has 0 aliphatic rings. The van der Waals surface area contributed by atoms with E-state index in [0.717, 1.165) is 18.2 Å². The molecule has 0 saturated carbocycles. The van der Waals surface area contributed by atoms with E-state index in [-0.39, 0.29) is 17.2 Å². The topological polar surface area (TPSA) is 49.3 Å². The largest absolute Gasteiger partial charge is 0.508 e. The molecule has 100 valence electrons. The molecule has 0 aromatic heterocycles. The van der Waals surface area contributed by atoms with Gasteiger partial charge in [-0.05, 0) is 43.5 Å². The van der Waals surface area contributed by atoms with Crippen LogP contribution in [0.5, 0.6) is 5.75 Å². The molecular formula is C14H20BrNO2. The van der Waals surface area contributed by atoms with Crippen LogP contribution in [0.25, 0.3) is 0 Å². The van der Waals surface area contributed by atoms with Gasteiger partial charge >= 0.3 is 0 Å². The fourth-order valence-electron chi connectivity index (χ4n) is 1.76. The lowest BCUT2D eigenvalue weighted by Crippen LogP contribution is -2.49. The predicted octanol–water partition coefficient (Wildman–Crippen LogP) is 3.38. The van der Waals surface area contributed by atoms with Crippen molar-refractivity contribution in [1.29, 1.82) is 0 Å². The average Bonchev–Trinajstić information content (AvgIpc) is 2.39. The predicted molar refractivity (Wildman–Crippen MR) is 77.4 cm³/mol. The van der Waals surface area contributed by atoms with Crippen LogP contribution in [0.1, 0.15) is 42.6 Å². The highest BCUT2D eigenvalue weighted by Crippen LogP contribution is 2.21. The summed E-state index contributed by atoms with van der Waals surface area (Å²) in [6.45, 7) is 5.91. The normalized spacial score (nSPS) is 11.3. The van der Waals surface area contributed by atoms with Crippen LogP contribution in [0.15, 0.2) is 18.2 Å². The van der Waals surface area contributed by atoms with Crippen LogP contribution < -0.4 is 5.32 Å². The molecule has 0 spiro atoms. The Hall–Kier alpha value is -1.03. The van der Waals surface area contributed by atoms with Gasteiger partial charge in [-0.2, -0.15) is 0 Å². The van der Waals surface area contributed by atoms with Gasteiger partial charge in [-0.15, -0.1) is 0 Å². The summed E-state index contributed by atoms with van der Waals surface area (Å²) in [5, 5.41) is 13.3. The standard InChI is InChI=1S/C14H20BrNO2/c1-4-14(5-2,9-15)16-13(18)11-6-7-12(17)10(3)8-11/h6-8,17H,4-5,9H2,1-3H3,(H,16,18). The summed E-state index contributed by atoms with van der Waals surface area (Å²) in [7, 11) is 0. The lowest BCUT2D eigenvalue weighted by Gasteiger charge is -2.31. The summed E-state index contributed by atoms with van der Waals surface area (Å²) in [6.07, 6.45) is 1.75. The summed E-state index contributed by atoms with van der Waals surface area (Å²) in [5.41, 5.74) is 1.08. The van der Waals surface area contributed by atoms with Crippen LogP contribution in [-0.4, -0.2) is 21.9 Å². The first-order valence-corrected chi connectivity index (χ1v) is 7.28. The van der Waals surface area contributed by atoms with Crippen LogP contribution >= 0.6 is 15.9 Å². The number of carbonyl (C=O) groups excluding carboxylic acids is 1. The van der Waals surface area contributed by atoms with E-state index < -0.39 is 0 Å². The Morgan fingerprint density at radius 3 is 2.44 bits per heavy atom. The molecule has 1 rings (SSSR count). The van der Waals surface area contributed by atoms with Crippen molar-refractivity contribution in [2.75, 3.05) is 5.33 Å². The van der Waals surface area contributed by atoms with Crippen molar-refractivity contribution in [1.82, 2.24) is 5.32 Å². The van der Waals surface area contributed by atoms with Crippen LogP contribution in [0.3, 0.4) is 0 Å². The first-order valence-electron chi connectivity index (χ1n) is 6.16. The molecule has 1 amide bonds. The van der Waals surface area contributed by atoms with Crippen molar-refractivity contribution in [2.24, 2.45) is 0 Å². The number of amides is 1. The lowest BCUT2D eigenvalue weighted by atomic mass is 9.95. The highest BCUT2D eigenvalue weighted by atomic mass is 79.9. The number of benzene rings is 1. The third-order valence-corrected chi connectivity index (χ3v) is 4.52. The van der Waals surface area contributed by atoms with Crippen molar-refractivity contribution in [3.05, 3.63) is 29.3 Å². The maximum atomic E-state index is 12.2. The van der Waals surface area contributed by atoms with E-state index in [1.807, 2.05) is 0 Å². The van der Waals surface area contributed by atoms with E-state index >= 15 is 0 Å². The minimum absolute atomic E-state index is 0.0961. The highest BCUT2D eigenvalue weighted by molar-refractivity contribution is 9.09. The molecule has 1 aromatic rings. The van der Waals surface area contributed by atoms with E-state index in [0.29, 0.717) is 11.1 Å². The smallest absolute Gasteiger partial charge is 0.251 e. The van der Waals surface area contributed by atoms with Gasteiger partial charge in [0.05, 0.1) is 0 Å². The number of aryl methyl sites for hydroxylation is 1. The Morgan fingerprint density at radius 1 is 1.39 bits per heavy atom. The monoisotopic (exact) mass is 313 g/mol. The van der Waals surface area contributed by atoms with Gasteiger partial charge in [-0.1, -0.05) is 29.8 Å². The Morgan fingerprint density at radius 2 is 2.00 bits per heavy atom. The summed E-state index contributed by atoms with van der Waals surface area (Å²) >= 11 is 3.47. The second kappa shape index (κ2) is 6.23. The molecule has 0 aliphatic carbocycles. The van der Waals surface area contributed by atoms with Gasteiger partial charge in [-0.3, -0.25) is 4.79 Å². The lowest BCUT2D eigenvalue weighted by molar-refractivity contribution is 0.0903. The number of hydrogen-bond donors (Lipinski definition) is 2. The summed E-state index contributed by atoms with van der Waals surface area (Å²) in [4.78, 5) is 12.2. The first kappa shape index (κ1) is 15.0. The fraction of sp³-hybridized carbons (Fsp3) is 0.500. The molecule has 0 saturated heterocycles. The minimum atomic E-state index is -0.205. The van der Waals surface area contributed by atoms with E-state index in [1.54, 1.807) is 25.1 Å². The summed E-state index contributed by atoms with van der Waals surface area (Å²) < 4.78 is 0. The van der Waals surface area contributed by atoms with Crippen LogP contribution in [0.2, 0.25) is 0 Å². The number of nitrogens with one attached hydrogen (secondary N) is 1. The molecule has 4 heteroatoms. The molecule has 2 N–H and O–H groups in total. The quantitative estimate of drug-likeness (QED) is 0.819. The Kier molecular flexibility index (Phi) is 5.20. The molecule has 0 radical (unpaired) electrons. The molecule has 3 nitrogen and oxygen atoms in total. The van der Waals surface area contributed by atoms with Gasteiger partial charge in [0, 0.05) is 16.4 Å². The molecule has 0 bridgehead atoms. The zero-order valence-electron chi connectivity index (χ0n) is 11.1. The number of phenolic OH excluding ortho intramolecular Hbond substituents is 1. The van der Waals surface area contributed by atoms with E-state index in [4.69, 9.17) is 0 Å². The van der Waals surface area contributed by atoms with Gasteiger partial charge in [0.1, 0.15) is 5.75 Å². The van der Waals surface area contributed by atoms with E-state index in [9.17, 15) is 9.90 Å². The number of halogens is 1. The van der Waals surface area contributed by atoms with Crippen LogP contribution in [0.4, 0.5) is 0 Å². The Bertz CT molecular complexity index is 420. The number of aromatic hydroxyl groups is 1. The first-order chi connectivity index (χ1) is 8.48. The summed E-state index contributed by atoms with van der Waals surface area (Å²) in [6, 6.07) is 4.90. The number of hydrogen-bond acceptors (Lipinski definition) is 2. The van der Waals surface area contributed by atoms with Gasteiger partial charge in [-0.25, -0.2) is 0 Å². The third kappa shape index (κ3) is 3.25. The zero-order valence-corrected chi connectivity index (χ0v) is 12.7. The maximum Gasteiger partial charge on any atom is 0.251 e.